The third-order valence-corrected chi connectivity index (χ3v) is 3.82. The van der Waals surface area contributed by atoms with Crippen LogP contribution in [0, 0.1) is 11.3 Å². The van der Waals surface area contributed by atoms with Crippen molar-refractivity contribution in [3.8, 4) is 6.07 Å². The molecule has 3 heteroatoms. The Morgan fingerprint density at radius 1 is 1.14 bits per heavy atom. The molecule has 0 bridgehead atoms. The van der Waals surface area contributed by atoms with Gasteiger partial charge in [0.05, 0.1) is 17.7 Å². The van der Waals surface area contributed by atoms with Crippen molar-refractivity contribution in [1.82, 2.24) is 5.32 Å². The van der Waals surface area contributed by atoms with E-state index in [1.165, 1.54) is 5.56 Å². The van der Waals surface area contributed by atoms with E-state index < -0.39 is 6.10 Å². The number of rotatable bonds is 7. The molecule has 2 aromatic carbocycles. The van der Waals surface area contributed by atoms with E-state index in [4.69, 9.17) is 5.26 Å². The highest BCUT2D eigenvalue weighted by atomic mass is 16.3. The summed E-state index contributed by atoms with van der Waals surface area (Å²) in [6.07, 6.45) is 1.35. The van der Waals surface area contributed by atoms with Crippen LogP contribution in [-0.2, 0) is 6.42 Å². The van der Waals surface area contributed by atoms with Gasteiger partial charge >= 0.3 is 0 Å². The molecule has 2 unspecified atom stereocenters. The number of benzene rings is 2. The number of hydrogen-bond donors (Lipinski definition) is 2. The molecule has 0 saturated carbocycles. The van der Waals surface area contributed by atoms with Crippen LogP contribution in [0.5, 0.6) is 0 Å². The van der Waals surface area contributed by atoms with Gasteiger partial charge in [0.25, 0.3) is 0 Å². The predicted octanol–water partition coefficient (Wildman–Crippen LogP) is 3.20. The van der Waals surface area contributed by atoms with Gasteiger partial charge in [-0.2, -0.15) is 5.26 Å². The lowest BCUT2D eigenvalue weighted by Gasteiger charge is -2.20. The molecule has 0 amide bonds. The average molecular weight is 294 g/mol. The van der Waals surface area contributed by atoms with Crippen LogP contribution in [0.15, 0.2) is 54.6 Å². The van der Waals surface area contributed by atoms with Crippen LogP contribution in [0.3, 0.4) is 0 Å². The topological polar surface area (TPSA) is 56.0 Å². The van der Waals surface area contributed by atoms with Gasteiger partial charge in [-0.3, -0.25) is 0 Å². The summed E-state index contributed by atoms with van der Waals surface area (Å²) >= 11 is 0. The standard InChI is InChI=1S/C19H22N2O/c1-2-18(12-15-7-4-3-5-8-15)21-14-19(22)17-10-6-9-16(11-17)13-20/h3-11,18-19,21-22H,2,12,14H2,1H3. The van der Waals surface area contributed by atoms with Gasteiger partial charge < -0.3 is 10.4 Å². The van der Waals surface area contributed by atoms with Gasteiger partial charge in [0.2, 0.25) is 0 Å². The second-order valence-corrected chi connectivity index (χ2v) is 5.46. The second kappa shape index (κ2) is 8.33. The van der Waals surface area contributed by atoms with Crippen LogP contribution in [0.2, 0.25) is 0 Å². The molecule has 0 saturated heterocycles. The summed E-state index contributed by atoms with van der Waals surface area (Å²) in [7, 11) is 0. The fourth-order valence-electron chi connectivity index (χ4n) is 2.47. The first-order valence-corrected chi connectivity index (χ1v) is 7.68. The molecule has 2 rings (SSSR count). The van der Waals surface area contributed by atoms with E-state index in [2.05, 4.69) is 30.4 Å². The lowest BCUT2D eigenvalue weighted by molar-refractivity contribution is 0.169. The van der Waals surface area contributed by atoms with E-state index in [1.807, 2.05) is 24.3 Å². The molecule has 0 aliphatic rings. The second-order valence-electron chi connectivity index (χ2n) is 5.46. The van der Waals surface area contributed by atoms with Crippen molar-refractivity contribution in [3.05, 3.63) is 71.3 Å². The molecule has 114 valence electrons. The molecule has 0 spiro atoms. The van der Waals surface area contributed by atoms with Crippen molar-refractivity contribution in [3.63, 3.8) is 0 Å². The lowest BCUT2D eigenvalue weighted by Crippen LogP contribution is -2.34. The fourth-order valence-corrected chi connectivity index (χ4v) is 2.47. The Labute approximate surface area is 132 Å². The smallest absolute Gasteiger partial charge is 0.0991 e. The minimum absolute atomic E-state index is 0.330. The van der Waals surface area contributed by atoms with Crippen molar-refractivity contribution in [1.29, 1.82) is 5.26 Å². The highest BCUT2D eigenvalue weighted by molar-refractivity contribution is 5.33. The molecule has 0 aliphatic heterocycles. The van der Waals surface area contributed by atoms with Crippen LogP contribution >= 0.6 is 0 Å². The molecule has 0 aliphatic carbocycles. The van der Waals surface area contributed by atoms with E-state index in [-0.39, 0.29) is 0 Å². The normalized spacial score (nSPS) is 13.3. The van der Waals surface area contributed by atoms with Crippen LogP contribution in [0.4, 0.5) is 0 Å². The number of hydrogen-bond acceptors (Lipinski definition) is 3. The monoisotopic (exact) mass is 294 g/mol. The molecule has 2 aromatic rings. The third kappa shape index (κ3) is 4.70. The van der Waals surface area contributed by atoms with Crippen LogP contribution in [0.1, 0.15) is 36.1 Å². The van der Waals surface area contributed by atoms with Crippen molar-refractivity contribution in [2.24, 2.45) is 0 Å². The Morgan fingerprint density at radius 2 is 1.91 bits per heavy atom. The van der Waals surface area contributed by atoms with Crippen LogP contribution in [0.25, 0.3) is 0 Å². The minimum atomic E-state index is -0.599. The number of nitrogens with zero attached hydrogens (tertiary/aromatic N) is 1. The maximum atomic E-state index is 10.3. The average Bonchev–Trinajstić information content (AvgIpc) is 2.59. The molecule has 0 heterocycles. The fraction of sp³-hybridized carbons (Fsp3) is 0.316. The minimum Gasteiger partial charge on any atom is -0.387 e. The Bertz CT molecular complexity index is 619. The van der Waals surface area contributed by atoms with Gasteiger partial charge in [0, 0.05) is 12.6 Å². The molecule has 3 nitrogen and oxygen atoms in total. The zero-order valence-corrected chi connectivity index (χ0v) is 12.9. The Kier molecular flexibility index (Phi) is 6.14. The Morgan fingerprint density at radius 3 is 2.59 bits per heavy atom. The van der Waals surface area contributed by atoms with Gasteiger partial charge in [-0.1, -0.05) is 49.4 Å². The zero-order chi connectivity index (χ0) is 15.8. The van der Waals surface area contributed by atoms with E-state index >= 15 is 0 Å². The molecular formula is C19H22N2O. The van der Waals surface area contributed by atoms with Crippen molar-refractivity contribution < 1.29 is 5.11 Å². The summed E-state index contributed by atoms with van der Waals surface area (Å²) in [5, 5.41) is 22.6. The van der Waals surface area contributed by atoms with Crippen LogP contribution < -0.4 is 5.32 Å². The molecule has 2 atom stereocenters. The number of nitriles is 1. The summed E-state index contributed by atoms with van der Waals surface area (Å²) in [5.74, 6) is 0. The SMILES string of the molecule is CCC(Cc1ccccc1)NCC(O)c1cccc(C#N)c1. The first kappa shape index (κ1) is 16.2. The van der Waals surface area contributed by atoms with Crippen molar-refractivity contribution in [2.75, 3.05) is 6.54 Å². The molecule has 2 N–H and O–H groups in total. The van der Waals surface area contributed by atoms with Crippen LogP contribution in [-0.4, -0.2) is 17.7 Å². The summed E-state index contributed by atoms with van der Waals surface area (Å²) in [4.78, 5) is 0. The first-order valence-electron chi connectivity index (χ1n) is 7.68. The van der Waals surface area contributed by atoms with Gasteiger partial charge in [0.15, 0.2) is 0 Å². The quantitative estimate of drug-likeness (QED) is 0.824. The molecule has 0 radical (unpaired) electrons. The van der Waals surface area contributed by atoms with E-state index in [1.54, 1.807) is 18.2 Å². The molecule has 22 heavy (non-hydrogen) atoms. The number of aliphatic hydroxyl groups is 1. The van der Waals surface area contributed by atoms with Gasteiger partial charge in [-0.05, 0) is 36.1 Å². The maximum absolute atomic E-state index is 10.3. The van der Waals surface area contributed by atoms with E-state index in [0.29, 0.717) is 18.2 Å². The van der Waals surface area contributed by atoms with E-state index in [0.717, 1.165) is 18.4 Å². The largest absolute Gasteiger partial charge is 0.387 e. The Hall–Kier alpha value is -2.15. The molecule has 0 fully saturated rings. The number of aliphatic hydroxyl groups excluding tert-OH is 1. The highest BCUT2D eigenvalue weighted by Gasteiger charge is 2.12. The van der Waals surface area contributed by atoms with E-state index in [9.17, 15) is 5.11 Å². The summed E-state index contributed by atoms with van der Waals surface area (Å²) in [6, 6.07) is 19.9. The summed E-state index contributed by atoms with van der Waals surface area (Å²) in [6.45, 7) is 2.63. The zero-order valence-electron chi connectivity index (χ0n) is 12.9. The van der Waals surface area contributed by atoms with Crippen molar-refractivity contribution >= 4 is 0 Å². The third-order valence-electron chi connectivity index (χ3n) is 3.82. The van der Waals surface area contributed by atoms with Gasteiger partial charge in [-0.25, -0.2) is 0 Å². The molecule has 0 aromatic heterocycles. The van der Waals surface area contributed by atoms with Gasteiger partial charge in [0.1, 0.15) is 0 Å². The summed E-state index contributed by atoms with van der Waals surface area (Å²) in [5.41, 5.74) is 2.65. The highest BCUT2D eigenvalue weighted by Crippen LogP contribution is 2.14. The predicted molar refractivity (Wildman–Crippen MR) is 88.3 cm³/mol. The maximum Gasteiger partial charge on any atom is 0.0991 e. The van der Waals surface area contributed by atoms with Gasteiger partial charge in [-0.15, -0.1) is 0 Å². The summed E-state index contributed by atoms with van der Waals surface area (Å²) < 4.78 is 0. The first-order chi connectivity index (χ1) is 10.7. The lowest BCUT2D eigenvalue weighted by atomic mass is 10.0. The molecular weight excluding hydrogens is 272 g/mol. The number of nitrogens with one attached hydrogen (secondary N) is 1. The Balaban J connectivity index is 1.91. The van der Waals surface area contributed by atoms with Crippen molar-refractivity contribution in [2.45, 2.75) is 31.9 Å².